The van der Waals surface area contributed by atoms with Gasteiger partial charge in [-0.25, -0.2) is 4.98 Å². The first-order chi connectivity index (χ1) is 11.6. The number of nitrogens with zero attached hydrogens (tertiary/aromatic N) is 3. The zero-order valence-corrected chi connectivity index (χ0v) is 15.6. The number of thioether (sulfide) groups is 1. The summed E-state index contributed by atoms with van der Waals surface area (Å²) in [6.45, 7) is 10.6. The van der Waals surface area contributed by atoms with Crippen LogP contribution in [0.4, 0.5) is 0 Å². The molecule has 1 aliphatic heterocycles. The van der Waals surface area contributed by atoms with E-state index in [1.165, 1.54) is 10.9 Å². The summed E-state index contributed by atoms with van der Waals surface area (Å²) < 4.78 is 0.289. The number of nitrogens with one attached hydrogen (secondary N) is 2. The first kappa shape index (κ1) is 17.1. The van der Waals surface area contributed by atoms with Gasteiger partial charge in [-0.05, 0) is 44.9 Å². The van der Waals surface area contributed by atoms with Crippen LogP contribution in [-0.2, 0) is 6.42 Å². The molecule has 0 aromatic carbocycles. The highest BCUT2D eigenvalue weighted by molar-refractivity contribution is 8.00. The van der Waals surface area contributed by atoms with Crippen LogP contribution in [0.3, 0.4) is 0 Å². The van der Waals surface area contributed by atoms with Crippen LogP contribution >= 0.6 is 11.8 Å². The van der Waals surface area contributed by atoms with E-state index in [1.807, 2.05) is 24.0 Å². The Labute approximate surface area is 148 Å². The standard InChI is InChI=1S/C18H27N5S/c1-4-19-17(23-10-11-24-18(2,3)13-23)21-9-7-14-12-22-16-15(14)6-5-8-20-16/h5-6,8,12H,4,7,9-11,13H2,1-3H3,(H,19,21)(H,20,22). The van der Waals surface area contributed by atoms with Crippen LogP contribution < -0.4 is 5.32 Å². The highest BCUT2D eigenvalue weighted by Gasteiger charge is 2.28. The van der Waals surface area contributed by atoms with E-state index in [2.05, 4.69) is 53.2 Å². The number of pyridine rings is 1. The Morgan fingerprint density at radius 3 is 3.17 bits per heavy atom. The Balaban J connectivity index is 1.67. The van der Waals surface area contributed by atoms with Crippen molar-refractivity contribution in [2.45, 2.75) is 31.9 Å². The molecule has 0 atom stereocenters. The van der Waals surface area contributed by atoms with E-state index >= 15 is 0 Å². The Hall–Kier alpha value is -1.69. The van der Waals surface area contributed by atoms with Crippen LogP contribution in [-0.4, -0.2) is 57.5 Å². The number of hydrogen-bond donors (Lipinski definition) is 2. The predicted molar refractivity (Wildman–Crippen MR) is 104 cm³/mol. The molecule has 130 valence electrons. The van der Waals surface area contributed by atoms with Crippen molar-refractivity contribution >= 4 is 28.8 Å². The van der Waals surface area contributed by atoms with Crippen LogP contribution in [0.2, 0.25) is 0 Å². The lowest BCUT2D eigenvalue weighted by molar-refractivity contribution is 0.376. The van der Waals surface area contributed by atoms with Gasteiger partial charge in [0, 0.05) is 54.5 Å². The van der Waals surface area contributed by atoms with Crippen LogP contribution in [0.25, 0.3) is 11.0 Å². The second-order valence-electron chi connectivity index (χ2n) is 6.73. The summed E-state index contributed by atoms with van der Waals surface area (Å²) in [5.74, 6) is 2.20. The molecule has 24 heavy (non-hydrogen) atoms. The third-order valence-electron chi connectivity index (χ3n) is 4.24. The molecule has 3 rings (SSSR count). The van der Waals surface area contributed by atoms with Gasteiger partial charge in [-0.1, -0.05) is 0 Å². The summed E-state index contributed by atoms with van der Waals surface area (Å²) >= 11 is 2.05. The Morgan fingerprint density at radius 2 is 2.38 bits per heavy atom. The Bertz CT molecular complexity index is 706. The maximum absolute atomic E-state index is 4.87. The van der Waals surface area contributed by atoms with E-state index in [9.17, 15) is 0 Å². The van der Waals surface area contributed by atoms with Gasteiger partial charge in [0.25, 0.3) is 0 Å². The Morgan fingerprint density at radius 1 is 1.50 bits per heavy atom. The minimum atomic E-state index is 0.289. The molecule has 3 heterocycles. The monoisotopic (exact) mass is 345 g/mol. The molecule has 0 unspecified atom stereocenters. The molecule has 2 aromatic heterocycles. The minimum Gasteiger partial charge on any atom is -0.357 e. The summed E-state index contributed by atoms with van der Waals surface area (Å²) in [7, 11) is 0. The fourth-order valence-corrected chi connectivity index (χ4v) is 4.24. The molecule has 1 saturated heterocycles. The van der Waals surface area contributed by atoms with Gasteiger partial charge in [0.15, 0.2) is 5.96 Å². The smallest absolute Gasteiger partial charge is 0.193 e. The maximum Gasteiger partial charge on any atom is 0.193 e. The van der Waals surface area contributed by atoms with Gasteiger partial charge in [0.1, 0.15) is 5.65 Å². The zero-order chi connectivity index (χ0) is 17.0. The molecule has 5 nitrogen and oxygen atoms in total. The van der Waals surface area contributed by atoms with Crippen molar-refractivity contribution in [2.24, 2.45) is 4.99 Å². The molecule has 0 aliphatic carbocycles. The van der Waals surface area contributed by atoms with Crippen molar-refractivity contribution in [1.29, 1.82) is 0 Å². The molecular weight excluding hydrogens is 318 g/mol. The number of aliphatic imine (C=N–C) groups is 1. The van der Waals surface area contributed by atoms with Crippen LogP contribution in [0.5, 0.6) is 0 Å². The number of aromatic amines is 1. The fraction of sp³-hybridized carbons (Fsp3) is 0.556. The van der Waals surface area contributed by atoms with E-state index in [0.29, 0.717) is 0 Å². The second-order valence-corrected chi connectivity index (χ2v) is 8.53. The average Bonchev–Trinajstić information content (AvgIpc) is 2.96. The van der Waals surface area contributed by atoms with E-state index in [1.54, 1.807) is 0 Å². The SMILES string of the molecule is CCNC(=NCCc1c[nH]c2ncccc12)N1CCSC(C)(C)C1. The van der Waals surface area contributed by atoms with Crippen molar-refractivity contribution in [3.8, 4) is 0 Å². The average molecular weight is 346 g/mol. The molecule has 1 aliphatic rings. The molecule has 2 N–H and O–H groups in total. The van der Waals surface area contributed by atoms with Crippen molar-refractivity contribution in [1.82, 2.24) is 20.2 Å². The summed E-state index contributed by atoms with van der Waals surface area (Å²) in [5, 5.41) is 4.66. The molecular formula is C18H27N5S. The third-order valence-corrected chi connectivity index (χ3v) is 5.54. The van der Waals surface area contributed by atoms with Crippen LogP contribution in [0.1, 0.15) is 26.3 Å². The highest BCUT2D eigenvalue weighted by atomic mass is 32.2. The van der Waals surface area contributed by atoms with Crippen molar-refractivity contribution in [3.05, 3.63) is 30.1 Å². The lowest BCUT2D eigenvalue weighted by atomic mass is 10.1. The zero-order valence-electron chi connectivity index (χ0n) is 14.8. The predicted octanol–water partition coefficient (Wildman–Crippen LogP) is 2.90. The van der Waals surface area contributed by atoms with E-state index in [-0.39, 0.29) is 4.75 Å². The number of H-pyrrole nitrogens is 1. The van der Waals surface area contributed by atoms with Crippen molar-refractivity contribution in [3.63, 3.8) is 0 Å². The van der Waals surface area contributed by atoms with Gasteiger partial charge < -0.3 is 15.2 Å². The minimum absolute atomic E-state index is 0.289. The second kappa shape index (κ2) is 7.47. The van der Waals surface area contributed by atoms with Gasteiger partial charge in [0.2, 0.25) is 0 Å². The molecule has 0 saturated carbocycles. The van der Waals surface area contributed by atoms with Crippen molar-refractivity contribution in [2.75, 3.05) is 31.9 Å². The lowest BCUT2D eigenvalue weighted by Crippen LogP contribution is -2.51. The summed E-state index contributed by atoms with van der Waals surface area (Å²) in [6.07, 6.45) is 4.80. The maximum atomic E-state index is 4.87. The first-order valence-electron chi connectivity index (χ1n) is 8.67. The van der Waals surface area contributed by atoms with E-state index in [4.69, 9.17) is 4.99 Å². The largest absolute Gasteiger partial charge is 0.357 e. The van der Waals surface area contributed by atoms with Gasteiger partial charge in [-0.15, -0.1) is 0 Å². The molecule has 2 aromatic rings. The number of fused-ring (bicyclic) bond motifs is 1. The number of guanidine groups is 1. The third kappa shape index (κ3) is 4.04. The highest BCUT2D eigenvalue weighted by Crippen LogP contribution is 2.29. The summed E-state index contributed by atoms with van der Waals surface area (Å²) in [6, 6.07) is 4.11. The quantitative estimate of drug-likeness (QED) is 0.661. The van der Waals surface area contributed by atoms with E-state index in [0.717, 1.165) is 50.0 Å². The van der Waals surface area contributed by atoms with Gasteiger partial charge in [-0.2, -0.15) is 11.8 Å². The van der Waals surface area contributed by atoms with E-state index < -0.39 is 0 Å². The van der Waals surface area contributed by atoms with Gasteiger partial charge >= 0.3 is 0 Å². The molecule has 0 spiro atoms. The van der Waals surface area contributed by atoms with Crippen molar-refractivity contribution < 1.29 is 0 Å². The van der Waals surface area contributed by atoms with Gasteiger partial charge in [-0.3, -0.25) is 4.99 Å². The molecule has 0 bridgehead atoms. The number of hydrogen-bond acceptors (Lipinski definition) is 3. The number of aromatic nitrogens is 2. The van der Waals surface area contributed by atoms with Crippen LogP contribution in [0, 0.1) is 0 Å². The molecule has 0 radical (unpaired) electrons. The normalized spacial score (nSPS) is 18.1. The first-order valence-corrected chi connectivity index (χ1v) is 9.66. The molecule has 6 heteroatoms. The summed E-state index contributed by atoms with van der Waals surface area (Å²) in [4.78, 5) is 14.9. The summed E-state index contributed by atoms with van der Waals surface area (Å²) in [5.41, 5.74) is 2.24. The number of rotatable bonds is 4. The topological polar surface area (TPSA) is 56.3 Å². The molecule has 0 amide bonds. The Kier molecular flexibility index (Phi) is 5.33. The van der Waals surface area contributed by atoms with Crippen LogP contribution in [0.15, 0.2) is 29.5 Å². The lowest BCUT2D eigenvalue weighted by Gasteiger charge is -2.39. The molecule has 1 fully saturated rings. The fourth-order valence-electron chi connectivity index (χ4n) is 3.12. The van der Waals surface area contributed by atoms with Gasteiger partial charge in [0.05, 0.1) is 0 Å².